The van der Waals surface area contributed by atoms with Crippen molar-refractivity contribution >= 4 is 23.5 Å². The average molecular weight is 404 g/mol. The fourth-order valence-corrected chi connectivity index (χ4v) is 3.60. The number of carbonyl (C=O) groups is 1. The Bertz CT molecular complexity index is 731. The van der Waals surface area contributed by atoms with Gasteiger partial charge in [0.25, 0.3) is 0 Å². The minimum atomic E-state index is -0.505. The predicted octanol–water partition coefficient (Wildman–Crippen LogP) is 3.50. The first-order valence-corrected chi connectivity index (χ1v) is 10.2. The Morgan fingerprint density at radius 1 is 1.14 bits per heavy atom. The van der Waals surface area contributed by atoms with Gasteiger partial charge in [0.2, 0.25) is 0 Å². The Morgan fingerprint density at radius 3 is 2.38 bits per heavy atom. The molecule has 0 spiro atoms. The molecule has 0 aliphatic carbocycles. The van der Waals surface area contributed by atoms with Crippen LogP contribution in [0.15, 0.2) is 24.4 Å². The van der Waals surface area contributed by atoms with Gasteiger partial charge in [-0.05, 0) is 64.1 Å². The van der Waals surface area contributed by atoms with Crippen molar-refractivity contribution in [3.8, 4) is 0 Å². The van der Waals surface area contributed by atoms with Crippen molar-refractivity contribution in [3.05, 3.63) is 35.2 Å². The Balaban J connectivity index is 1.68. The summed E-state index contributed by atoms with van der Waals surface area (Å²) in [5.74, 6) is 0. The van der Waals surface area contributed by atoms with E-state index in [1.165, 1.54) is 12.8 Å². The molecule has 0 saturated carbocycles. The lowest BCUT2D eigenvalue weighted by Gasteiger charge is -2.37. The third kappa shape index (κ3) is 5.77. The Morgan fingerprint density at radius 2 is 1.79 bits per heavy atom. The summed E-state index contributed by atoms with van der Waals surface area (Å²) in [6, 6.07) is 5.37. The zero-order chi connectivity index (χ0) is 21.0. The lowest BCUT2D eigenvalue weighted by molar-refractivity contribution is 0.0240. The van der Waals surface area contributed by atoms with E-state index in [2.05, 4.69) is 9.80 Å². The first-order chi connectivity index (χ1) is 13.7. The number of carbonyl (C=O) groups excluding carboxylic acids is 1. The minimum Gasteiger partial charge on any atom is -0.733 e. The van der Waals surface area contributed by atoms with Gasteiger partial charge in [0.1, 0.15) is 5.60 Å². The second-order valence-corrected chi connectivity index (χ2v) is 8.53. The third-order valence-electron chi connectivity index (χ3n) is 5.12. The molecular weight excluding hydrogens is 372 g/mol. The van der Waals surface area contributed by atoms with Crippen LogP contribution < -0.4 is 10.1 Å². The number of rotatable bonds is 4. The van der Waals surface area contributed by atoms with E-state index >= 15 is 0 Å². The largest absolute Gasteiger partial charge is 0.733 e. The van der Waals surface area contributed by atoms with Crippen molar-refractivity contribution in [1.82, 2.24) is 9.80 Å². The average Bonchev–Trinajstić information content (AvgIpc) is 3.18. The molecule has 1 N–H and O–H groups in total. The van der Waals surface area contributed by atoms with Gasteiger partial charge in [-0.3, -0.25) is 5.21 Å². The summed E-state index contributed by atoms with van der Waals surface area (Å²) < 4.78 is 5.45. The van der Waals surface area contributed by atoms with Gasteiger partial charge in [-0.15, -0.1) is 0 Å². The van der Waals surface area contributed by atoms with Crippen molar-refractivity contribution in [3.63, 3.8) is 0 Å². The number of nitrogens with zero attached hydrogens (tertiary/aromatic N) is 4. The number of benzene rings is 1. The van der Waals surface area contributed by atoms with Crippen LogP contribution in [0, 0.1) is 5.21 Å². The number of hydrogen-bond donors (Lipinski definition) is 1. The van der Waals surface area contributed by atoms with Crippen LogP contribution in [0.2, 0.25) is 0 Å². The van der Waals surface area contributed by atoms with Crippen LogP contribution in [0.3, 0.4) is 0 Å². The molecule has 0 bridgehead atoms. The number of piperazine rings is 1. The summed E-state index contributed by atoms with van der Waals surface area (Å²) in [5, 5.41) is 20.9. The molecule has 0 atom stereocenters. The van der Waals surface area contributed by atoms with E-state index in [0.29, 0.717) is 31.7 Å². The van der Waals surface area contributed by atoms with Crippen LogP contribution in [0.5, 0.6) is 0 Å². The summed E-state index contributed by atoms with van der Waals surface area (Å²) in [6.07, 6.45) is 5.92. The minimum absolute atomic E-state index is 0.0894. The molecule has 3 rings (SSSR count). The third-order valence-corrected chi connectivity index (χ3v) is 5.12. The maximum absolute atomic E-state index is 12.2. The molecule has 2 aliphatic heterocycles. The summed E-state index contributed by atoms with van der Waals surface area (Å²) in [5.41, 5.74) is 1.34. The van der Waals surface area contributed by atoms with Crippen molar-refractivity contribution in [2.24, 2.45) is 0 Å². The fraction of sp³-hybridized carbons (Fsp3) is 0.571. The van der Waals surface area contributed by atoms with Crippen molar-refractivity contribution < 1.29 is 14.7 Å². The van der Waals surface area contributed by atoms with E-state index in [4.69, 9.17) is 4.74 Å². The number of likely N-dealkylation sites (tertiary alicyclic amines) is 1. The number of ether oxygens (including phenoxy) is 1. The van der Waals surface area contributed by atoms with E-state index in [-0.39, 0.29) is 17.0 Å². The van der Waals surface area contributed by atoms with Crippen LogP contribution in [0.4, 0.5) is 16.2 Å². The quantitative estimate of drug-likeness (QED) is 0.771. The lowest BCUT2D eigenvalue weighted by atomic mass is 10.1. The standard InChI is InChI=1S/C21H31N4O4/c1-21(2,3)29-20(26)24-14-12-23(13-15-24)18-6-7-19(25(27)28)17(16-18)8-11-22-9-4-5-10-22/h6-8,11,16,27H,4-5,9-10,12-15H2,1-3H3/q-1/b11-8+. The van der Waals surface area contributed by atoms with E-state index in [1.807, 2.05) is 45.2 Å². The summed E-state index contributed by atoms with van der Waals surface area (Å²) in [7, 11) is 0. The molecule has 160 valence electrons. The van der Waals surface area contributed by atoms with Crippen LogP contribution in [-0.2, 0) is 4.74 Å². The molecule has 0 unspecified atom stereocenters. The molecule has 0 radical (unpaired) electrons. The fourth-order valence-electron chi connectivity index (χ4n) is 3.60. The monoisotopic (exact) mass is 403 g/mol. The van der Waals surface area contributed by atoms with Gasteiger partial charge in [-0.25, -0.2) is 4.79 Å². The van der Waals surface area contributed by atoms with Gasteiger partial charge in [-0.1, -0.05) is 0 Å². The van der Waals surface area contributed by atoms with Crippen molar-refractivity contribution in [1.29, 1.82) is 0 Å². The highest BCUT2D eigenvalue weighted by molar-refractivity contribution is 5.72. The van der Waals surface area contributed by atoms with E-state index in [9.17, 15) is 15.2 Å². The zero-order valence-electron chi connectivity index (χ0n) is 17.5. The number of anilines is 2. The SMILES string of the molecule is CC(C)(C)OC(=O)N1CCN(c2ccc(N([O-])O)c(/C=C/N3CCCC3)c2)CC1. The van der Waals surface area contributed by atoms with Gasteiger partial charge >= 0.3 is 6.09 Å². The second kappa shape index (κ2) is 8.92. The molecule has 2 aliphatic rings. The predicted molar refractivity (Wildman–Crippen MR) is 114 cm³/mol. The topological polar surface area (TPSA) is 82.5 Å². The molecule has 2 heterocycles. The number of hydrogen-bond acceptors (Lipinski definition) is 7. The molecule has 1 amide bonds. The highest BCUT2D eigenvalue weighted by Gasteiger charge is 2.26. The molecule has 29 heavy (non-hydrogen) atoms. The first-order valence-electron chi connectivity index (χ1n) is 10.2. The molecule has 2 saturated heterocycles. The smallest absolute Gasteiger partial charge is 0.410 e. The first kappa shape index (κ1) is 21.3. The molecule has 0 aromatic heterocycles. The molecule has 8 heteroatoms. The van der Waals surface area contributed by atoms with Crippen molar-refractivity contribution in [2.75, 3.05) is 49.4 Å². The van der Waals surface area contributed by atoms with Gasteiger partial charge in [0, 0.05) is 50.5 Å². The van der Waals surface area contributed by atoms with Gasteiger partial charge < -0.3 is 29.9 Å². The van der Waals surface area contributed by atoms with Crippen LogP contribution in [-0.4, -0.2) is 66.0 Å². The Kier molecular flexibility index (Phi) is 6.54. The molecule has 8 nitrogen and oxygen atoms in total. The molecule has 1 aromatic rings. The van der Waals surface area contributed by atoms with E-state index in [1.54, 1.807) is 11.0 Å². The Labute approximate surface area is 172 Å². The van der Waals surface area contributed by atoms with Gasteiger partial charge in [-0.2, -0.15) is 0 Å². The lowest BCUT2D eigenvalue weighted by Crippen LogP contribution is -2.50. The molecule has 2 fully saturated rings. The summed E-state index contributed by atoms with van der Waals surface area (Å²) in [6.45, 7) is 10.1. The van der Waals surface area contributed by atoms with E-state index < -0.39 is 5.60 Å². The molecular formula is C21H31N4O4-. The number of amides is 1. The maximum Gasteiger partial charge on any atom is 0.410 e. The van der Waals surface area contributed by atoms with Gasteiger partial charge in [0.15, 0.2) is 0 Å². The van der Waals surface area contributed by atoms with Crippen LogP contribution >= 0.6 is 0 Å². The van der Waals surface area contributed by atoms with E-state index in [0.717, 1.165) is 18.8 Å². The maximum atomic E-state index is 12.2. The highest BCUT2D eigenvalue weighted by atomic mass is 16.8. The van der Waals surface area contributed by atoms with Gasteiger partial charge in [0.05, 0.1) is 5.69 Å². The summed E-state index contributed by atoms with van der Waals surface area (Å²) >= 11 is 0. The summed E-state index contributed by atoms with van der Waals surface area (Å²) in [4.78, 5) is 18.3. The van der Waals surface area contributed by atoms with Crippen LogP contribution in [0.25, 0.3) is 6.08 Å². The Hall–Kier alpha value is -2.45. The molecule has 1 aromatic carbocycles. The zero-order valence-corrected chi connectivity index (χ0v) is 17.5. The van der Waals surface area contributed by atoms with Crippen LogP contribution in [0.1, 0.15) is 39.2 Å². The highest BCUT2D eigenvalue weighted by Crippen LogP contribution is 2.28. The normalized spacial score (nSPS) is 17.9. The second-order valence-electron chi connectivity index (χ2n) is 8.53. The van der Waals surface area contributed by atoms with Crippen molar-refractivity contribution in [2.45, 2.75) is 39.2 Å².